The predicted octanol–water partition coefficient (Wildman–Crippen LogP) is 0.839. The minimum Gasteiger partial charge on any atom is -0.329 e. The topological polar surface area (TPSA) is 122 Å². The number of rotatable bonds is 5. The van der Waals surface area contributed by atoms with Crippen LogP contribution in [0.25, 0.3) is 0 Å². The highest BCUT2D eigenvalue weighted by Crippen LogP contribution is 2.31. The lowest BCUT2D eigenvalue weighted by atomic mass is 9.81. The lowest BCUT2D eigenvalue weighted by Crippen LogP contribution is -2.54. The first-order valence-corrected chi connectivity index (χ1v) is 10.2. The zero-order chi connectivity index (χ0) is 20.6. The van der Waals surface area contributed by atoms with Gasteiger partial charge in [0.05, 0.1) is 11.1 Å². The number of carbonyl (C=O) groups is 4. The maximum absolute atomic E-state index is 13.1. The van der Waals surface area contributed by atoms with Crippen LogP contribution in [0.3, 0.4) is 0 Å². The third-order valence-corrected chi connectivity index (χ3v) is 6.41. The number of nitrogens with one attached hydrogen (secondary N) is 2. The second-order valence-corrected chi connectivity index (χ2v) is 8.19. The van der Waals surface area contributed by atoms with Crippen LogP contribution < -0.4 is 16.4 Å². The SMILES string of the molecule is NCC1(NCc2cccc3c2C(=O)N(C2CCC(=O)NC2=O)C3=O)CCCCC1. The van der Waals surface area contributed by atoms with Crippen LogP contribution in [0, 0.1) is 0 Å². The van der Waals surface area contributed by atoms with Gasteiger partial charge >= 0.3 is 0 Å². The van der Waals surface area contributed by atoms with Gasteiger partial charge in [-0.2, -0.15) is 0 Å². The molecule has 1 atom stereocenters. The van der Waals surface area contributed by atoms with Gasteiger partial charge in [0.2, 0.25) is 11.8 Å². The average molecular weight is 398 g/mol. The van der Waals surface area contributed by atoms with Gasteiger partial charge in [0, 0.05) is 25.0 Å². The summed E-state index contributed by atoms with van der Waals surface area (Å²) in [6.45, 7) is 0.958. The van der Waals surface area contributed by atoms with Gasteiger partial charge in [-0.3, -0.25) is 29.4 Å². The minimum absolute atomic E-state index is 0.108. The van der Waals surface area contributed by atoms with E-state index in [9.17, 15) is 19.2 Å². The van der Waals surface area contributed by atoms with E-state index in [1.54, 1.807) is 12.1 Å². The number of fused-ring (bicyclic) bond motifs is 1. The summed E-state index contributed by atoms with van der Waals surface area (Å²) in [5.41, 5.74) is 7.29. The Labute approximate surface area is 169 Å². The quantitative estimate of drug-likeness (QED) is 0.632. The van der Waals surface area contributed by atoms with E-state index in [2.05, 4.69) is 10.6 Å². The molecule has 3 aliphatic rings. The Morgan fingerprint density at radius 2 is 1.86 bits per heavy atom. The molecule has 0 bridgehead atoms. The number of nitrogens with two attached hydrogens (primary N) is 1. The van der Waals surface area contributed by atoms with Crippen molar-refractivity contribution in [1.29, 1.82) is 0 Å². The fraction of sp³-hybridized carbons (Fsp3) is 0.524. The number of amides is 4. The molecule has 1 aromatic rings. The molecule has 154 valence electrons. The van der Waals surface area contributed by atoms with E-state index in [-0.39, 0.29) is 24.3 Å². The van der Waals surface area contributed by atoms with E-state index < -0.39 is 23.8 Å². The van der Waals surface area contributed by atoms with Gasteiger partial charge in [0.25, 0.3) is 11.8 Å². The third kappa shape index (κ3) is 3.47. The summed E-state index contributed by atoms with van der Waals surface area (Å²) < 4.78 is 0. The van der Waals surface area contributed by atoms with Crippen LogP contribution in [0.5, 0.6) is 0 Å². The molecule has 2 aliphatic heterocycles. The van der Waals surface area contributed by atoms with Gasteiger partial charge in [-0.05, 0) is 30.9 Å². The minimum atomic E-state index is -0.949. The molecule has 1 unspecified atom stereocenters. The standard InChI is InChI=1S/C21H26N4O4/c22-12-21(9-2-1-3-10-21)23-11-13-5-4-6-14-17(13)20(29)25(19(14)28)15-7-8-16(26)24-18(15)27/h4-6,15,23H,1-3,7-12,22H2,(H,24,26,27). The summed E-state index contributed by atoms with van der Waals surface area (Å²) >= 11 is 0. The average Bonchev–Trinajstić information content (AvgIpc) is 2.98. The number of carbonyl (C=O) groups excluding carboxylic acids is 4. The Bertz CT molecular complexity index is 875. The fourth-order valence-corrected chi connectivity index (χ4v) is 4.70. The Kier molecular flexibility index (Phi) is 5.23. The van der Waals surface area contributed by atoms with Crippen molar-refractivity contribution in [3.8, 4) is 0 Å². The molecule has 1 saturated carbocycles. The molecule has 0 spiro atoms. The molecule has 0 aromatic heterocycles. The molecule has 8 nitrogen and oxygen atoms in total. The van der Waals surface area contributed by atoms with Crippen LogP contribution in [-0.2, 0) is 16.1 Å². The Hall–Kier alpha value is -2.58. The largest absolute Gasteiger partial charge is 0.329 e. The number of hydrogen-bond donors (Lipinski definition) is 3. The number of benzene rings is 1. The lowest BCUT2D eigenvalue weighted by Gasteiger charge is -2.37. The molecule has 1 aliphatic carbocycles. The first-order valence-electron chi connectivity index (χ1n) is 10.2. The van der Waals surface area contributed by atoms with Crippen molar-refractivity contribution >= 4 is 23.6 Å². The maximum atomic E-state index is 13.1. The summed E-state index contributed by atoms with van der Waals surface area (Å²) in [5, 5.41) is 5.76. The van der Waals surface area contributed by atoms with E-state index in [0.29, 0.717) is 24.2 Å². The van der Waals surface area contributed by atoms with Crippen LogP contribution in [0.2, 0.25) is 0 Å². The van der Waals surface area contributed by atoms with E-state index in [1.807, 2.05) is 6.07 Å². The van der Waals surface area contributed by atoms with Gasteiger partial charge in [0.15, 0.2) is 0 Å². The van der Waals surface area contributed by atoms with Crippen LogP contribution in [0.15, 0.2) is 18.2 Å². The summed E-state index contributed by atoms with van der Waals surface area (Å²) in [6, 6.07) is 4.25. The van der Waals surface area contributed by atoms with Gasteiger partial charge in [-0.25, -0.2) is 0 Å². The molecule has 4 rings (SSSR count). The summed E-state index contributed by atoms with van der Waals surface area (Å²) in [4.78, 5) is 50.7. The second kappa shape index (κ2) is 7.68. The maximum Gasteiger partial charge on any atom is 0.262 e. The first kappa shape index (κ1) is 19.7. The molecule has 2 fully saturated rings. The Morgan fingerprint density at radius 3 is 2.55 bits per heavy atom. The molecule has 1 aromatic carbocycles. The number of piperidine rings is 1. The highest BCUT2D eigenvalue weighted by Gasteiger charge is 2.45. The van der Waals surface area contributed by atoms with Crippen LogP contribution >= 0.6 is 0 Å². The van der Waals surface area contributed by atoms with Crippen molar-refractivity contribution in [3.63, 3.8) is 0 Å². The Balaban J connectivity index is 1.58. The summed E-state index contributed by atoms with van der Waals surface area (Å²) in [5.74, 6) is -1.93. The molecule has 2 heterocycles. The van der Waals surface area contributed by atoms with Gasteiger partial charge in [-0.15, -0.1) is 0 Å². The van der Waals surface area contributed by atoms with Gasteiger partial charge in [0.1, 0.15) is 6.04 Å². The number of hydrogen-bond acceptors (Lipinski definition) is 6. The van der Waals surface area contributed by atoms with Crippen molar-refractivity contribution < 1.29 is 19.2 Å². The van der Waals surface area contributed by atoms with Gasteiger partial charge < -0.3 is 11.1 Å². The predicted molar refractivity (Wildman–Crippen MR) is 105 cm³/mol. The zero-order valence-electron chi connectivity index (χ0n) is 16.3. The highest BCUT2D eigenvalue weighted by atomic mass is 16.2. The van der Waals surface area contributed by atoms with E-state index in [0.717, 1.165) is 36.1 Å². The van der Waals surface area contributed by atoms with Crippen LogP contribution in [-0.4, -0.2) is 46.7 Å². The van der Waals surface area contributed by atoms with Crippen molar-refractivity contribution in [2.75, 3.05) is 6.54 Å². The monoisotopic (exact) mass is 398 g/mol. The van der Waals surface area contributed by atoms with Crippen molar-refractivity contribution in [3.05, 3.63) is 34.9 Å². The first-order chi connectivity index (χ1) is 14.0. The van der Waals surface area contributed by atoms with E-state index in [1.165, 1.54) is 6.42 Å². The van der Waals surface area contributed by atoms with Gasteiger partial charge in [-0.1, -0.05) is 31.4 Å². The van der Waals surface area contributed by atoms with Crippen LogP contribution in [0.4, 0.5) is 0 Å². The zero-order valence-corrected chi connectivity index (χ0v) is 16.3. The van der Waals surface area contributed by atoms with Crippen molar-refractivity contribution in [2.24, 2.45) is 5.73 Å². The normalized spacial score (nSPS) is 23.9. The van der Waals surface area contributed by atoms with E-state index in [4.69, 9.17) is 5.73 Å². The Morgan fingerprint density at radius 1 is 1.10 bits per heavy atom. The van der Waals surface area contributed by atoms with Crippen molar-refractivity contribution in [2.45, 2.75) is 63.1 Å². The number of nitrogens with zero attached hydrogens (tertiary/aromatic N) is 1. The molecule has 4 N–H and O–H groups in total. The molecule has 29 heavy (non-hydrogen) atoms. The third-order valence-electron chi connectivity index (χ3n) is 6.41. The van der Waals surface area contributed by atoms with Crippen LogP contribution in [0.1, 0.15) is 71.2 Å². The highest BCUT2D eigenvalue weighted by molar-refractivity contribution is 6.24. The summed E-state index contributed by atoms with van der Waals surface area (Å²) in [7, 11) is 0. The van der Waals surface area contributed by atoms with E-state index >= 15 is 0 Å². The molecule has 1 saturated heterocycles. The molecule has 4 amide bonds. The molecule has 0 radical (unpaired) electrons. The molecular weight excluding hydrogens is 372 g/mol. The molecule has 8 heteroatoms. The smallest absolute Gasteiger partial charge is 0.262 e. The fourth-order valence-electron chi connectivity index (χ4n) is 4.70. The molecular formula is C21H26N4O4. The summed E-state index contributed by atoms with van der Waals surface area (Å²) in [6.07, 6.45) is 5.70. The lowest BCUT2D eigenvalue weighted by molar-refractivity contribution is -0.136. The number of imide groups is 2. The van der Waals surface area contributed by atoms with Crippen molar-refractivity contribution in [1.82, 2.24) is 15.5 Å². The second-order valence-electron chi connectivity index (χ2n) is 8.19.